The highest BCUT2D eigenvalue weighted by molar-refractivity contribution is 7.45. The molecule has 0 aliphatic heterocycles. The van der Waals surface area contributed by atoms with Gasteiger partial charge in [0.15, 0.2) is 0 Å². The average Bonchev–Trinajstić information content (AvgIpc) is 2.60. The molecule has 2 N–H and O–H groups in total. The summed E-state index contributed by atoms with van der Waals surface area (Å²) in [5.41, 5.74) is 6.79. The van der Waals surface area contributed by atoms with E-state index in [1.165, 1.54) is 11.6 Å². The van der Waals surface area contributed by atoms with Gasteiger partial charge in [0.2, 0.25) is 16.0 Å². The van der Waals surface area contributed by atoms with Crippen molar-refractivity contribution in [2.75, 3.05) is 13.1 Å². The molecule has 0 saturated heterocycles. The van der Waals surface area contributed by atoms with Crippen LogP contribution in [0, 0.1) is 0 Å². The molecule has 0 fully saturated rings. The van der Waals surface area contributed by atoms with Crippen LogP contribution in [0.1, 0.15) is 11.1 Å². The second-order valence-electron chi connectivity index (χ2n) is 4.62. The molecule has 6 nitrogen and oxygen atoms in total. The number of hydrogen-bond acceptors (Lipinski definition) is 6. The van der Waals surface area contributed by atoms with Gasteiger partial charge in [0.1, 0.15) is 11.6 Å². The van der Waals surface area contributed by atoms with E-state index in [1.54, 1.807) is 0 Å². The van der Waals surface area contributed by atoms with Gasteiger partial charge in [0, 0.05) is 24.2 Å². The summed E-state index contributed by atoms with van der Waals surface area (Å²) >= 11 is 0. The van der Waals surface area contributed by atoms with Crippen LogP contribution in [0.2, 0.25) is 0 Å². The topological polar surface area (TPSA) is 88.6 Å². The van der Waals surface area contributed by atoms with E-state index in [0.717, 1.165) is 11.1 Å². The van der Waals surface area contributed by atoms with Crippen LogP contribution >= 0.6 is 16.0 Å². The van der Waals surface area contributed by atoms with Crippen molar-refractivity contribution in [1.29, 1.82) is 0 Å². The minimum absolute atomic E-state index is 0.345. The molecule has 126 valence electrons. The van der Waals surface area contributed by atoms with Gasteiger partial charge in [-0.05, 0) is 0 Å². The van der Waals surface area contributed by atoms with Crippen molar-refractivity contribution in [3.05, 3.63) is 71.8 Å². The lowest BCUT2D eigenvalue weighted by Gasteiger charge is -2.02. The van der Waals surface area contributed by atoms with Crippen LogP contribution in [0.15, 0.2) is 60.7 Å². The van der Waals surface area contributed by atoms with Crippen molar-refractivity contribution in [1.82, 2.24) is 11.0 Å². The summed E-state index contributed by atoms with van der Waals surface area (Å²) in [4.78, 5) is 23.3. The lowest BCUT2D eigenvalue weighted by Crippen LogP contribution is -2.26. The zero-order valence-electron chi connectivity index (χ0n) is 12.9. The highest BCUT2D eigenvalue weighted by Gasteiger charge is 2.01. The van der Waals surface area contributed by atoms with Crippen LogP contribution in [-0.2, 0) is 9.25 Å². The Labute approximate surface area is 143 Å². The fraction of sp³-hybridized carbons (Fsp3) is 0.125. The fourth-order valence-corrected chi connectivity index (χ4v) is 3.07. The molecular formula is C16H18N2O4P2. The maximum atomic E-state index is 11.7. The second kappa shape index (κ2) is 11.2. The molecule has 24 heavy (non-hydrogen) atoms. The van der Waals surface area contributed by atoms with Gasteiger partial charge in [-0.15, -0.1) is 0 Å². The van der Waals surface area contributed by atoms with E-state index in [0.29, 0.717) is 13.1 Å². The van der Waals surface area contributed by atoms with Crippen LogP contribution in [0.4, 0.5) is 0 Å². The predicted octanol–water partition coefficient (Wildman–Crippen LogP) is 1.07. The van der Waals surface area contributed by atoms with Crippen LogP contribution in [-0.4, -0.2) is 24.7 Å². The largest absolute Gasteiger partial charge is 0.601 e. The summed E-state index contributed by atoms with van der Waals surface area (Å²) in [6.07, 6.45) is 0. The quantitative estimate of drug-likeness (QED) is 0.393. The lowest BCUT2D eigenvalue weighted by molar-refractivity contribution is -0.179. The molecule has 2 unspecified atom stereocenters. The molecule has 2 aromatic rings. The van der Waals surface area contributed by atoms with Crippen LogP contribution in [0.25, 0.3) is 0 Å². The van der Waals surface area contributed by atoms with Gasteiger partial charge in [-0.1, -0.05) is 69.9 Å². The number of benzene rings is 2. The summed E-state index contributed by atoms with van der Waals surface area (Å²) in [5.74, 6) is 3.05. The van der Waals surface area contributed by atoms with Crippen molar-refractivity contribution in [3.63, 3.8) is 0 Å². The Morgan fingerprint density at radius 1 is 0.708 bits per heavy atom. The summed E-state index contributed by atoms with van der Waals surface area (Å²) in [6, 6.07) is 18.6. The number of hydrogen-bond donors (Lipinski definition) is 2. The monoisotopic (exact) mass is 364 g/mol. The Bertz CT molecular complexity index is 607. The Morgan fingerprint density at radius 2 is 1.08 bits per heavy atom. The molecule has 0 amide bonds. The van der Waals surface area contributed by atoms with Crippen LogP contribution < -0.4 is 20.7 Å². The molecule has 0 aromatic heterocycles. The Morgan fingerprint density at radius 3 is 1.46 bits per heavy atom. The summed E-state index contributed by atoms with van der Waals surface area (Å²) in [7, 11) is -3.88. The molecule has 0 aliphatic carbocycles. The van der Waals surface area contributed by atoms with E-state index >= 15 is 0 Å². The SMILES string of the molecule is [O-]/[P+](=C\c1ccccc1)ONCCNO/[P+]([O-])=C/c1ccccc1. The third-order valence-corrected chi connectivity index (χ3v) is 4.38. The van der Waals surface area contributed by atoms with E-state index in [4.69, 9.17) is 9.25 Å². The van der Waals surface area contributed by atoms with Crippen LogP contribution in [0.5, 0.6) is 0 Å². The molecule has 2 atom stereocenters. The van der Waals surface area contributed by atoms with Crippen LogP contribution in [0.3, 0.4) is 0 Å². The highest BCUT2D eigenvalue weighted by Crippen LogP contribution is 2.12. The van der Waals surface area contributed by atoms with E-state index in [1.807, 2.05) is 60.7 Å². The van der Waals surface area contributed by atoms with Gasteiger partial charge in [0.25, 0.3) is 0 Å². The van der Waals surface area contributed by atoms with Gasteiger partial charge < -0.3 is 9.79 Å². The van der Waals surface area contributed by atoms with Gasteiger partial charge in [-0.2, -0.15) is 11.0 Å². The molecule has 0 spiro atoms. The molecule has 2 aromatic carbocycles. The van der Waals surface area contributed by atoms with E-state index in [9.17, 15) is 9.79 Å². The maximum absolute atomic E-state index is 11.7. The molecule has 0 radical (unpaired) electrons. The van der Waals surface area contributed by atoms with Crippen molar-refractivity contribution < 1.29 is 19.0 Å². The van der Waals surface area contributed by atoms with E-state index in [-0.39, 0.29) is 0 Å². The molecule has 0 bridgehead atoms. The molecule has 0 heterocycles. The first-order chi connectivity index (χ1) is 11.7. The minimum atomic E-state index is -1.94. The fourth-order valence-electron chi connectivity index (χ4n) is 1.69. The first-order valence-corrected chi connectivity index (χ1v) is 9.75. The Hall–Kier alpha value is -1.46. The van der Waals surface area contributed by atoms with E-state index < -0.39 is 16.0 Å². The minimum Gasteiger partial charge on any atom is -0.601 e. The molecular weight excluding hydrogens is 346 g/mol. The maximum Gasteiger partial charge on any atom is 0.248 e. The Kier molecular flexibility index (Phi) is 8.77. The summed E-state index contributed by atoms with van der Waals surface area (Å²) in [5, 5.41) is 0. The summed E-state index contributed by atoms with van der Waals surface area (Å²) in [6.45, 7) is 0.691. The van der Waals surface area contributed by atoms with Gasteiger partial charge in [-0.3, -0.25) is 0 Å². The zero-order valence-corrected chi connectivity index (χ0v) is 14.7. The predicted molar refractivity (Wildman–Crippen MR) is 95.2 cm³/mol. The van der Waals surface area contributed by atoms with Gasteiger partial charge in [0.05, 0.1) is 0 Å². The zero-order chi connectivity index (χ0) is 17.0. The van der Waals surface area contributed by atoms with Crippen molar-refractivity contribution >= 4 is 27.6 Å². The summed E-state index contributed by atoms with van der Waals surface area (Å²) < 4.78 is 9.95. The molecule has 2 rings (SSSR count). The third-order valence-electron chi connectivity index (χ3n) is 2.75. The molecule has 8 heteroatoms. The van der Waals surface area contributed by atoms with Crippen molar-refractivity contribution in [2.45, 2.75) is 0 Å². The number of hydroxylamine groups is 2. The highest BCUT2D eigenvalue weighted by atomic mass is 31.1. The van der Waals surface area contributed by atoms with Gasteiger partial charge >= 0.3 is 0 Å². The Balaban J connectivity index is 1.60. The first kappa shape index (κ1) is 18.9. The molecule has 0 saturated carbocycles. The van der Waals surface area contributed by atoms with Gasteiger partial charge in [-0.25, -0.2) is 0 Å². The van der Waals surface area contributed by atoms with Crippen molar-refractivity contribution in [3.8, 4) is 0 Å². The third kappa shape index (κ3) is 7.88. The lowest BCUT2D eigenvalue weighted by atomic mass is 10.2. The number of nitrogens with one attached hydrogen (secondary N) is 2. The smallest absolute Gasteiger partial charge is 0.248 e. The standard InChI is InChI=1S/C16H18N2O4P2/c19-23(13-15-7-3-1-4-8-15)21-17-11-12-18-22-24(20)14-16-9-5-2-6-10-16/h1-10,13-14,17-18H,11-12H2. The first-order valence-electron chi connectivity index (χ1n) is 7.26. The normalized spacial score (nSPS) is 12.4. The number of rotatable bonds is 9. The molecule has 0 aliphatic rings. The van der Waals surface area contributed by atoms with Crippen molar-refractivity contribution in [2.24, 2.45) is 0 Å². The van der Waals surface area contributed by atoms with E-state index in [2.05, 4.69) is 11.0 Å². The second-order valence-corrected chi connectivity index (χ2v) is 6.64. The average molecular weight is 364 g/mol.